The number of carbonyl (C=O) groups excluding carboxylic acids is 1. The van der Waals surface area contributed by atoms with E-state index in [4.69, 9.17) is 5.73 Å². The van der Waals surface area contributed by atoms with E-state index in [1.807, 2.05) is 23.8 Å². The minimum atomic E-state index is 0.0627. The van der Waals surface area contributed by atoms with E-state index >= 15 is 0 Å². The molecule has 2 N–H and O–H groups in total. The van der Waals surface area contributed by atoms with E-state index in [1.54, 1.807) is 0 Å². The lowest BCUT2D eigenvalue weighted by molar-refractivity contribution is 0.193. The topological polar surface area (TPSA) is 49.6 Å². The Morgan fingerprint density at radius 2 is 2.29 bits per heavy atom. The Morgan fingerprint density at radius 3 is 2.79 bits per heavy atom. The molecule has 0 bridgehead atoms. The Bertz CT molecular complexity index is 206. The fourth-order valence-corrected chi connectivity index (χ4v) is 1.95. The maximum Gasteiger partial charge on any atom is 0.320 e. The van der Waals surface area contributed by atoms with Crippen LogP contribution in [0.5, 0.6) is 0 Å². The summed E-state index contributed by atoms with van der Waals surface area (Å²) in [4.78, 5) is 15.4. The summed E-state index contributed by atoms with van der Waals surface area (Å²) in [5.41, 5.74) is 5.69. The lowest BCUT2D eigenvalue weighted by atomic mass is 10.1. The van der Waals surface area contributed by atoms with Gasteiger partial charge in [-0.15, -0.1) is 0 Å². The van der Waals surface area contributed by atoms with Crippen LogP contribution in [0, 0.1) is 0 Å². The van der Waals surface area contributed by atoms with Gasteiger partial charge in [0.05, 0.1) is 6.04 Å². The van der Waals surface area contributed by atoms with Crippen LogP contribution in [-0.2, 0) is 0 Å². The van der Waals surface area contributed by atoms with Gasteiger partial charge in [-0.1, -0.05) is 13.3 Å². The first-order valence-corrected chi connectivity index (χ1v) is 5.33. The molecule has 4 nitrogen and oxygen atoms in total. The SMILES string of the molecule is CCCC1CN(CC(C)N)C(=O)N1C. The average Bonchev–Trinajstić information content (AvgIpc) is 2.34. The second-order valence-corrected chi connectivity index (χ2v) is 4.22. The Labute approximate surface area is 86.0 Å². The Kier molecular flexibility index (Phi) is 3.75. The molecule has 14 heavy (non-hydrogen) atoms. The van der Waals surface area contributed by atoms with Gasteiger partial charge in [-0.2, -0.15) is 0 Å². The van der Waals surface area contributed by atoms with E-state index in [0.29, 0.717) is 12.6 Å². The predicted octanol–water partition coefficient (Wildman–Crippen LogP) is 0.870. The largest absolute Gasteiger partial charge is 0.326 e. The third kappa shape index (κ3) is 2.38. The molecule has 0 aromatic heterocycles. The van der Waals surface area contributed by atoms with Crippen molar-refractivity contribution in [3.8, 4) is 0 Å². The Hall–Kier alpha value is -0.770. The number of carbonyl (C=O) groups is 1. The molecular weight excluding hydrogens is 178 g/mol. The van der Waals surface area contributed by atoms with Crippen LogP contribution >= 0.6 is 0 Å². The van der Waals surface area contributed by atoms with Gasteiger partial charge >= 0.3 is 6.03 Å². The summed E-state index contributed by atoms with van der Waals surface area (Å²) in [6, 6.07) is 0.569. The van der Waals surface area contributed by atoms with Crippen LogP contribution in [0.3, 0.4) is 0 Å². The zero-order valence-corrected chi connectivity index (χ0v) is 9.36. The normalized spacial score (nSPS) is 24.6. The summed E-state index contributed by atoms with van der Waals surface area (Å²) in [5.74, 6) is 0. The second kappa shape index (κ2) is 4.64. The van der Waals surface area contributed by atoms with Crippen LogP contribution in [0.2, 0.25) is 0 Å². The average molecular weight is 199 g/mol. The maximum atomic E-state index is 11.7. The highest BCUT2D eigenvalue weighted by molar-refractivity contribution is 5.76. The second-order valence-electron chi connectivity index (χ2n) is 4.22. The molecular formula is C10H21N3O. The van der Waals surface area contributed by atoms with Gasteiger partial charge in [0.15, 0.2) is 0 Å². The Morgan fingerprint density at radius 1 is 1.64 bits per heavy atom. The molecule has 2 amide bonds. The minimum absolute atomic E-state index is 0.0627. The smallest absolute Gasteiger partial charge is 0.320 e. The predicted molar refractivity (Wildman–Crippen MR) is 57.1 cm³/mol. The molecule has 4 heteroatoms. The molecule has 0 aromatic rings. The molecule has 1 heterocycles. The molecule has 2 atom stereocenters. The lowest BCUT2D eigenvalue weighted by Gasteiger charge is -2.17. The van der Waals surface area contributed by atoms with Crippen LogP contribution < -0.4 is 5.73 Å². The summed E-state index contributed by atoms with van der Waals surface area (Å²) in [7, 11) is 1.88. The molecule has 82 valence electrons. The van der Waals surface area contributed by atoms with Gasteiger partial charge in [0.1, 0.15) is 0 Å². The highest BCUT2D eigenvalue weighted by Gasteiger charge is 2.33. The molecule has 1 fully saturated rings. The van der Waals surface area contributed by atoms with Crippen LogP contribution in [0.25, 0.3) is 0 Å². The van der Waals surface area contributed by atoms with Crippen molar-refractivity contribution in [1.82, 2.24) is 9.80 Å². The number of nitrogens with zero attached hydrogens (tertiary/aromatic N) is 2. The van der Waals surface area contributed by atoms with Crippen molar-refractivity contribution in [2.24, 2.45) is 5.73 Å². The van der Waals surface area contributed by atoms with Crippen LogP contribution in [0.1, 0.15) is 26.7 Å². The summed E-state index contributed by atoms with van der Waals surface area (Å²) in [6.45, 7) is 5.58. The molecule has 2 unspecified atom stereocenters. The molecule has 1 rings (SSSR count). The standard InChI is InChI=1S/C10H21N3O/c1-4-5-9-7-13(6-8(2)11)10(14)12(9)3/h8-9H,4-7,11H2,1-3H3. The molecule has 0 aliphatic carbocycles. The number of amides is 2. The van der Waals surface area contributed by atoms with Crippen molar-refractivity contribution in [2.45, 2.75) is 38.8 Å². The highest BCUT2D eigenvalue weighted by Crippen LogP contribution is 2.17. The molecule has 1 saturated heterocycles. The van der Waals surface area contributed by atoms with Gasteiger partial charge in [0.2, 0.25) is 0 Å². The first kappa shape index (κ1) is 11.3. The minimum Gasteiger partial charge on any atom is -0.326 e. The van der Waals surface area contributed by atoms with Gasteiger partial charge in [0, 0.05) is 26.2 Å². The molecule has 1 aliphatic rings. The number of rotatable bonds is 4. The highest BCUT2D eigenvalue weighted by atomic mass is 16.2. The summed E-state index contributed by atoms with van der Waals surface area (Å²) in [5, 5.41) is 0. The molecule has 0 aromatic carbocycles. The quantitative estimate of drug-likeness (QED) is 0.730. The van der Waals surface area contributed by atoms with Crippen molar-refractivity contribution < 1.29 is 4.79 Å². The van der Waals surface area contributed by atoms with Crippen molar-refractivity contribution in [3.05, 3.63) is 0 Å². The molecule has 0 radical (unpaired) electrons. The zero-order chi connectivity index (χ0) is 10.7. The third-order valence-electron chi connectivity index (χ3n) is 2.68. The van der Waals surface area contributed by atoms with Gasteiger partial charge in [0.25, 0.3) is 0 Å². The van der Waals surface area contributed by atoms with Gasteiger partial charge in [-0.05, 0) is 13.3 Å². The molecule has 1 aliphatic heterocycles. The van der Waals surface area contributed by atoms with E-state index in [2.05, 4.69) is 6.92 Å². The molecule has 0 saturated carbocycles. The van der Waals surface area contributed by atoms with E-state index in [0.717, 1.165) is 19.4 Å². The third-order valence-corrected chi connectivity index (χ3v) is 2.68. The molecule has 0 spiro atoms. The lowest BCUT2D eigenvalue weighted by Crippen LogP contribution is -2.38. The van der Waals surface area contributed by atoms with E-state index in [9.17, 15) is 4.79 Å². The monoisotopic (exact) mass is 199 g/mol. The van der Waals surface area contributed by atoms with Crippen LogP contribution in [-0.4, -0.2) is 48.1 Å². The number of hydrogen-bond acceptors (Lipinski definition) is 2. The first-order valence-electron chi connectivity index (χ1n) is 5.33. The van der Waals surface area contributed by atoms with Gasteiger partial charge in [-0.3, -0.25) is 0 Å². The van der Waals surface area contributed by atoms with Gasteiger partial charge in [-0.25, -0.2) is 4.79 Å². The van der Waals surface area contributed by atoms with Crippen molar-refractivity contribution in [2.75, 3.05) is 20.1 Å². The zero-order valence-electron chi connectivity index (χ0n) is 9.36. The number of hydrogen-bond donors (Lipinski definition) is 1. The summed E-state index contributed by atoms with van der Waals surface area (Å²) < 4.78 is 0. The number of nitrogens with two attached hydrogens (primary N) is 1. The van der Waals surface area contributed by atoms with Crippen molar-refractivity contribution >= 4 is 6.03 Å². The first-order chi connectivity index (χ1) is 6.56. The number of urea groups is 1. The van der Waals surface area contributed by atoms with Crippen LogP contribution in [0.4, 0.5) is 4.79 Å². The van der Waals surface area contributed by atoms with Crippen LogP contribution in [0.15, 0.2) is 0 Å². The fraction of sp³-hybridized carbons (Fsp3) is 0.900. The van der Waals surface area contributed by atoms with E-state index < -0.39 is 0 Å². The fourth-order valence-electron chi connectivity index (χ4n) is 1.95. The Balaban J connectivity index is 2.53. The van der Waals surface area contributed by atoms with Gasteiger partial charge < -0.3 is 15.5 Å². The van der Waals surface area contributed by atoms with E-state index in [1.165, 1.54) is 0 Å². The summed E-state index contributed by atoms with van der Waals surface area (Å²) >= 11 is 0. The summed E-state index contributed by atoms with van der Waals surface area (Å²) in [6.07, 6.45) is 2.20. The van der Waals surface area contributed by atoms with Crippen molar-refractivity contribution in [1.29, 1.82) is 0 Å². The van der Waals surface area contributed by atoms with E-state index in [-0.39, 0.29) is 12.1 Å². The van der Waals surface area contributed by atoms with Crippen molar-refractivity contribution in [3.63, 3.8) is 0 Å². The maximum absolute atomic E-state index is 11.7. The number of likely N-dealkylation sites (N-methyl/N-ethyl adjacent to an activating group) is 1.